The summed E-state index contributed by atoms with van der Waals surface area (Å²) >= 11 is 0. The van der Waals surface area contributed by atoms with Gasteiger partial charge in [-0.2, -0.15) is 0 Å². The first-order valence-corrected chi connectivity index (χ1v) is 8.03. The zero-order chi connectivity index (χ0) is 13.6. The Bertz CT molecular complexity index is 464. The number of hydrogen-bond donors (Lipinski definition) is 1. The van der Waals surface area contributed by atoms with Crippen LogP contribution in [0, 0.1) is 23.2 Å². The van der Waals surface area contributed by atoms with Gasteiger partial charge in [0.05, 0.1) is 12.3 Å². The fraction of sp³-hybridized carbons (Fsp3) is 0.706. The molecule has 1 aromatic rings. The highest BCUT2D eigenvalue weighted by Gasteiger charge is 2.51. The van der Waals surface area contributed by atoms with Gasteiger partial charge in [-0.3, -0.25) is 0 Å². The minimum atomic E-state index is 0.454. The van der Waals surface area contributed by atoms with E-state index in [9.17, 15) is 0 Å². The van der Waals surface area contributed by atoms with Crippen LogP contribution in [0.4, 0.5) is 0 Å². The van der Waals surface area contributed by atoms with E-state index in [0.717, 1.165) is 35.9 Å². The van der Waals surface area contributed by atoms with Crippen molar-refractivity contribution in [3.05, 3.63) is 23.9 Å². The maximum absolute atomic E-state index is 6.07. The van der Waals surface area contributed by atoms with Gasteiger partial charge in [-0.05, 0) is 62.3 Å². The van der Waals surface area contributed by atoms with Gasteiger partial charge in [0.2, 0.25) is 5.88 Å². The fourth-order valence-electron chi connectivity index (χ4n) is 5.35. The van der Waals surface area contributed by atoms with Gasteiger partial charge in [-0.25, -0.2) is 4.98 Å². The molecule has 4 bridgehead atoms. The van der Waals surface area contributed by atoms with Crippen molar-refractivity contribution in [1.82, 2.24) is 4.98 Å². The predicted octanol–water partition coefficient (Wildman–Crippen LogP) is 3.14. The third kappa shape index (κ3) is 2.22. The van der Waals surface area contributed by atoms with Crippen LogP contribution in [0.3, 0.4) is 0 Å². The number of aromatic nitrogens is 1. The smallest absolute Gasteiger partial charge is 0.213 e. The lowest BCUT2D eigenvalue weighted by molar-refractivity contribution is -0.0751. The standard InChI is InChI=1S/C17H24N2O/c18-10-15-2-1-3-16(19-15)20-11-17-7-12-4-13(8-17)6-14(5-12)9-17/h1-3,12-14H,4-11,18H2. The Balaban J connectivity index is 1.46. The van der Waals surface area contributed by atoms with Crippen LogP contribution >= 0.6 is 0 Å². The summed E-state index contributed by atoms with van der Waals surface area (Å²) < 4.78 is 6.07. The number of nitrogens with two attached hydrogens (primary N) is 1. The first-order valence-electron chi connectivity index (χ1n) is 8.03. The summed E-state index contributed by atoms with van der Waals surface area (Å²) in [6.07, 6.45) is 8.61. The van der Waals surface area contributed by atoms with Crippen LogP contribution in [-0.2, 0) is 6.54 Å². The van der Waals surface area contributed by atoms with Gasteiger partial charge in [0.1, 0.15) is 0 Å². The molecule has 108 valence electrons. The molecule has 20 heavy (non-hydrogen) atoms. The van der Waals surface area contributed by atoms with Crippen molar-refractivity contribution in [2.24, 2.45) is 28.9 Å². The van der Waals surface area contributed by atoms with Gasteiger partial charge in [0.15, 0.2) is 0 Å². The fourth-order valence-corrected chi connectivity index (χ4v) is 5.35. The lowest BCUT2D eigenvalue weighted by atomic mass is 9.50. The zero-order valence-corrected chi connectivity index (χ0v) is 12.1. The largest absolute Gasteiger partial charge is 0.477 e. The summed E-state index contributed by atoms with van der Waals surface area (Å²) in [5, 5.41) is 0. The molecule has 5 rings (SSSR count). The van der Waals surface area contributed by atoms with Crippen LogP contribution in [-0.4, -0.2) is 11.6 Å². The molecule has 0 aromatic carbocycles. The molecule has 3 heteroatoms. The third-order valence-corrected chi connectivity index (χ3v) is 5.68. The Kier molecular flexibility index (Phi) is 2.99. The maximum atomic E-state index is 6.07. The lowest BCUT2D eigenvalue weighted by Crippen LogP contribution is -2.48. The molecule has 2 N–H and O–H groups in total. The maximum Gasteiger partial charge on any atom is 0.213 e. The average Bonchev–Trinajstić information content (AvgIpc) is 2.44. The second kappa shape index (κ2) is 4.73. The third-order valence-electron chi connectivity index (χ3n) is 5.68. The Morgan fingerprint density at radius 2 is 1.75 bits per heavy atom. The monoisotopic (exact) mass is 272 g/mol. The van der Waals surface area contributed by atoms with E-state index in [1.807, 2.05) is 18.2 Å². The summed E-state index contributed by atoms with van der Waals surface area (Å²) in [4.78, 5) is 4.46. The predicted molar refractivity (Wildman–Crippen MR) is 78.2 cm³/mol. The lowest BCUT2D eigenvalue weighted by Gasteiger charge is -2.56. The van der Waals surface area contributed by atoms with E-state index in [1.165, 1.54) is 38.5 Å². The molecule has 4 aliphatic carbocycles. The second-order valence-electron chi connectivity index (χ2n) is 7.38. The SMILES string of the molecule is NCc1cccc(OCC23CC4CC(CC(C4)C2)C3)n1. The number of nitrogens with zero attached hydrogens (tertiary/aromatic N) is 1. The average molecular weight is 272 g/mol. The minimum Gasteiger partial charge on any atom is -0.477 e. The topological polar surface area (TPSA) is 48.1 Å². The van der Waals surface area contributed by atoms with Gasteiger partial charge in [-0.1, -0.05) is 6.07 Å². The number of hydrogen-bond acceptors (Lipinski definition) is 3. The molecule has 0 saturated heterocycles. The van der Waals surface area contributed by atoms with Gasteiger partial charge < -0.3 is 10.5 Å². The molecule has 3 nitrogen and oxygen atoms in total. The van der Waals surface area contributed by atoms with Gasteiger partial charge in [0, 0.05) is 18.0 Å². The van der Waals surface area contributed by atoms with Gasteiger partial charge >= 0.3 is 0 Å². The number of ether oxygens (including phenoxy) is 1. The van der Waals surface area contributed by atoms with Gasteiger partial charge in [-0.15, -0.1) is 0 Å². The van der Waals surface area contributed by atoms with Crippen molar-refractivity contribution in [1.29, 1.82) is 0 Å². The van der Waals surface area contributed by atoms with Crippen molar-refractivity contribution < 1.29 is 4.74 Å². The zero-order valence-electron chi connectivity index (χ0n) is 12.1. The Morgan fingerprint density at radius 3 is 2.35 bits per heavy atom. The Labute approximate surface area is 120 Å². The molecular weight excluding hydrogens is 248 g/mol. The highest BCUT2D eigenvalue weighted by molar-refractivity contribution is 5.16. The van der Waals surface area contributed by atoms with Crippen LogP contribution in [0.1, 0.15) is 44.2 Å². The van der Waals surface area contributed by atoms with E-state index in [2.05, 4.69) is 4.98 Å². The first kappa shape index (κ1) is 12.6. The van der Waals surface area contributed by atoms with Crippen molar-refractivity contribution >= 4 is 0 Å². The van der Waals surface area contributed by atoms with Crippen molar-refractivity contribution in [2.75, 3.05) is 6.61 Å². The van der Waals surface area contributed by atoms with Crippen molar-refractivity contribution in [2.45, 2.75) is 45.1 Å². The van der Waals surface area contributed by atoms with Crippen LogP contribution in [0.25, 0.3) is 0 Å². The van der Waals surface area contributed by atoms with Crippen LogP contribution in [0.15, 0.2) is 18.2 Å². The molecular formula is C17H24N2O. The second-order valence-corrected chi connectivity index (χ2v) is 7.38. The summed E-state index contributed by atoms with van der Waals surface area (Å²) in [7, 11) is 0. The molecule has 4 aliphatic rings. The highest BCUT2D eigenvalue weighted by Crippen LogP contribution is 2.59. The molecule has 0 radical (unpaired) electrons. The summed E-state index contributed by atoms with van der Waals surface area (Å²) in [5.41, 5.74) is 7.01. The Hall–Kier alpha value is -1.09. The van der Waals surface area contributed by atoms with E-state index in [1.54, 1.807) is 0 Å². The molecule has 4 fully saturated rings. The van der Waals surface area contributed by atoms with Gasteiger partial charge in [0.25, 0.3) is 0 Å². The van der Waals surface area contributed by atoms with E-state index < -0.39 is 0 Å². The van der Waals surface area contributed by atoms with Crippen LogP contribution in [0.2, 0.25) is 0 Å². The van der Waals surface area contributed by atoms with E-state index in [0.29, 0.717) is 12.0 Å². The molecule has 4 saturated carbocycles. The number of pyridine rings is 1. The van der Waals surface area contributed by atoms with Crippen LogP contribution < -0.4 is 10.5 Å². The molecule has 1 heterocycles. The summed E-state index contributed by atoms with van der Waals surface area (Å²) in [6.45, 7) is 1.34. The molecule has 0 spiro atoms. The molecule has 0 unspecified atom stereocenters. The normalized spacial score (nSPS) is 38.1. The quantitative estimate of drug-likeness (QED) is 0.916. The first-order chi connectivity index (χ1) is 9.75. The molecule has 0 aliphatic heterocycles. The molecule has 0 amide bonds. The Morgan fingerprint density at radius 1 is 1.10 bits per heavy atom. The van der Waals surface area contributed by atoms with E-state index in [4.69, 9.17) is 10.5 Å². The van der Waals surface area contributed by atoms with E-state index >= 15 is 0 Å². The molecule has 0 atom stereocenters. The molecule has 1 aromatic heterocycles. The van der Waals surface area contributed by atoms with E-state index in [-0.39, 0.29) is 0 Å². The summed E-state index contributed by atoms with van der Waals surface area (Å²) in [5.74, 6) is 3.69. The van der Waals surface area contributed by atoms with Crippen molar-refractivity contribution in [3.8, 4) is 5.88 Å². The van der Waals surface area contributed by atoms with Crippen LogP contribution in [0.5, 0.6) is 5.88 Å². The summed E-state index contributed by atoms with van der Waals surface area (Å²) in [6, 6.07) is 5.90. The number of rotatable bonds is 4. The minimum absolute atomic E-state index is 0.454. The van der Waals surface area contributed by atoms with Crippen molar-refractivity contribution in [3.63, 3.8) is 0 Å². The highest BCUT2D eigenvalue weighted by atomic mass is 16.5.